The first-order chi connectivity index (χ1) is 10.0. The van der Waals surface area contributed by atoms with Gasteiger partial charge in [-0.15, -0.1) is 0 Å². The van der Waals surface area contributed by atoms with E-state index in [1.54, 1.807) is 0 Å². The Hall–Kier alpha value is -1.35. The molecule has 1 aromatic rings. The van der Waals surface area contributed by atoms with E-state index in [1.807, 2.05) is 26.8 Å². The molecule has 1 heterocycles. The van der Waals surface area contributed by atoms with Crippen molar-refractivity contribution in [1.82, 2.24) is 4.90 Å². The highest BCUT2D eigenvalue weighted by Gasteiger charge is 2.21. The van der Waals surface area contributed by atoms with Crippen LogP contribution in [0.2, 0.25) is 0 Å². The van der Waals surface area contributed by atoms with Crippen molar-refractivity contribution in [3.63, 3.8) is 0 Å². The standard InChI is InChI=1S/C18H27NO2/c1-5-21-18-15(4)10-14(3)11-16(18)17(20)12-19-8-6-13(2)7-9-19/h10-11,13H,5-9,12H2,1-4H3. The van der Waals surface area contributed by atoms with Gasteiger partial charge in [0.2, 0.25) is 0 Å². The molecule has 0 unspecified atom stereocenters. The van der Waals surface area contributed by atoms with E-state index in [0.717, 1.165) is 41.4 Å². The van der Waals surface area contributed by atoms with E-state index in [0.29, 0.717) is 13.2 Å². The third kappa shape index (κ3) is 4.07. The molecule has 3 nitrogen and oxygen atoms in total. The molecule has 2 rings (SSSR count). The molecule has 3 heteroatoms. The molecule has 0 aliphatic carbocycles. The zero-order chi connectivity index (χ0) is 15.4. The molecular formula is C18H27NO2. The van der Waals surface area contributed by atoms with Gasteiger partial charge in [-0.3, -0.25) is 9.69 Å². The normalized spacial score (nSPS) is 17.0. The fraction of sp³-hybridized carbons (Fsp3) is 0.611. The third-order valence-electron chi connectivity index (χ3n) is 4.25. The van der Waals surface area contributed by atoms with E-state index >= 15 is 0 Å². The van der Waals surface area contributed by atoms with Crippen molar-refractivity contribution in [1.29, 1.82) is 0 Å². The minimum Gasteiger partial charge on any atom is -0.493 e. The van der Waals surface area contributed by atoms with Gasteiger partial charge >= 0.3 is 0 Å². The lowest BCUT2D eigenvalue weighted by Crippen LogP contribution is -2.36. The summed E-state index contributed by atoms with van der Waals surface area (Å²) in [6.45, 7) is 11.4. The molecule has 21 heavy (non-hydrogen) atoms. The van der Waals surface area contributed by atoms with Crippen LogP contribution < -0.4 is 4.74 Å². The molecule has 1 aliphatic rings. The van der Waals surface area contributed by atoms with E-state index in [4.69, 9.17) is 4.74 Å². The van der Waals surface area contributed by atoms with Gasteiger partial charge in [0, 0.05) is 0 Å². The summed E-state index contributed by atoms with van der Waals surface area (Å²) in [6, 6.07) is 4.04. The fourth-order valence-electron chi connectivity index (χ4n) is 3.01. The van der Waals surface area contributed by atoms with Gasteiger partial charge in [-0.25, -0.2) is 0 Å². The van der Waals surface area contributed by atoms with Crippen LogP contribution in [0.5, 0.6) is 5.75 Å². The minimum absolute atomic E-state index is 0.180. The molecule has 0 atom stereocenters. The third-order valence-corrected chi connectivity index (χ3v) is 4.25. The Kier molecular flexibility index (Phi) is 5.40. The topological polar surface area (TPSA) is 29.5 Å². The number of benzene rings is 1. The lowest BCUT2D eigenvalue weighted by Gasteiger charge is -2.29. The molecule has 1 fully saturated rings. The van der Waals surface area contributed by atoms with Crippen LogP contribution in [0.4, 0.5) is 0 Å². The maximum Gasteiger partial charge on any atom is 0.180 e. The maximum atomic E-state index is 12.7. The van der Waals surface area contributed by atoms with Gasteiger partial charge in [-0.2, -0.15) is 0 Å². The number of rotatable bonds is 5. The number of carbonyl (C=O) groups excluding carboxylic acids is 1. The first-order valence-electron chi connectivity index (χ1n) is 8.00. The molecule has 0 aromatic heterocycles. The summed E-state index contributed by atoms with van der Waals surface area (Å²) in [6.07, 6.45) is 2.39. The monoisotopic (exact) mass is 289 g/mol. The molecule has 116 valence electrons. The van der Waals surface area contributed by atoms with Gasteiger partial charge in [-0.1, -0.05) is 13.0 Å². The van der Waals surface area contributed by atoms with Crippen LogP contribution in [-0.4, -0.2) is 36.9 Å². The zero-order valence-electron chi connectivity index (χ0n) is 13.7. The number of piperidine rings is 1. The number of likely N-dealkylation sites (tertiary alicyclic amines) is 1. The summed E-state index contributed by atoms with van der Waals surface area (Å²) in [5.41, 5.74) is 2.91. The number of carbonyl (C=O) groups is 1. The lowest BCUT2D eigenvalue weighted by atomic mass is 9.98. The van der Waals surface area contributed by atoms with E-state index < -0.39 is 0 Å². The molecule has 0 saturated carbocycles. The maximum absolute atomic E-state index is 12.7. The molecule has 0 bridgehead atoms. The average molecular weight is 289 g/mol. The van der Waals surface area contributed by atoms with Gasteiger partial charge in [-0.05, 0) is 69.8 Å². The molecule has 0 amide bonds. The van der Waals surface area contributed by atoms with Crippen molar-refractivity contribution in [2.75, 3.05) is 26.2 Å². The highest BCUT2D eigenvalue weighted by molar-refractivity contribution is 6.00. The Balaban J connectivity index is 2.14. The molecule has 1 saturated heterocycles. The number of hydrogen-bond donors (Lipinski definition) is 0. The van der Waals surface area contributed by atoms with Gasteiger partial charge in [0.1, 0.15) is 5.75 Å². The zero-order valence-corrected chi connectivity index (χ0v) is 13.7. The number of ether oxygens (including phenoxy) is 1. The number of Topliss-reactive ketones (excluding diaryl/α,β-unsaturated/α-hetero) is 1. The highest BCUT2D eigenvalue weighted by Crippen LogP contribution is 2.26. The predicted molar refractivity (Wildman–Crippen MR) is 86.3 cm³/mol. The van der Waals surface area contributed by atoms with Gasteiger partial charge < -0.3 is 4.74 Å². The second kappa shape index (κ2) is 7.08. The Morgan fingerprint density at radius 1 is 1.29 bits per heavy atom. The SMILES string of the molecule is CCOc1c(C)cc(C)cc1C(=O)CN1CCC(C)CC1. The van der Waals surface area contributed by atoms with Gasteiger partial charge in [0.05, 0.1) is 18.7 Å². The molecule has 0 N–H and O–H groups in total. The Bertz CT molecular complexity index is 502. The van der Waals surface area contributed by atoms with Crippen LogP contribution in [0.25, 0.3) is 0 Å². The van der Waals surface area contributed by atoms with Crippen LogP contribution in [0, 0.1) is 19.8 Å². The van der Waals surface area contributed by atoms with Crippen LogP contribution in [0.15, 0.2) is 12.1 Å². The van der Waals surface area contributed by atoms with Crippen LogP contribution in [0.1, 0.15) is 48.2 Å². The number of ketones is 1. The second-order valence-electron chi connectivity index (χ2n) is 6.27. The van der Waals surface area contributed by atoms with E-state index in [1.165, 1.54) is 12.8 Å². The largest absolute Gasteiger partial charge is 0.493 e. The first-order valence-corrected chi connectivity index (χ1v) is 8.00. The van der Waals surface area contributed by atoms with Crippen LogP contribution in [0.3, 0.4) is 0 Å². The second-order valence-corrected chi connectivity index (χ2v) is 6.27. The fourth-order valence-corrected chi connectivity index (χ4v) is 3.01. The minimum atomic E-state index is 0.180. The van der Waals surface area contributed by atoms with E-state index in [-0.39, 0.29) is 5.78 Å². The summed E-state index contributed by atoms with van der Waals surface area (Å²) >= 11 is 0. The van der Waals surface area contributed by atoms with Crippen molar-refractivity contribution in [2.24, 2.45) is 5.92 Å². The average Bonchev–Trinajstić information content (AvgIpc) is 2.44. The van der Waals surface area contributed by atoms with E-state index in [2.05, 4.69) is 17.9 Å². The van der Waals surface area contributed by atoms with E-state index in [9.17, 15) is 4.79 Å². The molecular weight excluding hydrogens is 262 g/mol. The first kappa shape index (κ1) is 16.0. The van der Waals surface area contributed by atoms with Crippen molar-refractivity contribution >= 4 is 5.78 Å². The molecule has 0 radical (unpaired) electrons. The van der Waals surface area contributed by atoms with Crippen molar-refractivity contribution < 1.29 is 9.53 Å². The smallest absolute Gasteiger partial charge is 0.180 e. The van der Waals surface area contributed by atoms with Crippen LogP contribution in [-0.2, 0) is 0 Å². The lowest BCUT2D eigenvalue weighted by molar-refractivity contribution is 0.0896. The summed E-state index contributed by atoms with van der Waals surface area (Å²) in [4.78, 5) is 14.9. The van der Waals surface area contributed by atoms with Gasteiger partial charge in [0.15, 0.2) is 5.78 Å². The van der Waals surface area contributed by atoms with Crippen LogP contribution >= 0.6 is 0 Å². The molecule has 1 aliphatic heterocycles. The summed E-state index contributed by atoms with van der Waals surface area (Å²) in [5, 5.41) is 0. The van der Waals surface area contributed by atoms with Crippen molar-refractivity contribution in [2.45, 2.75) is 40.5 Å². The predicted octanol–water partition coefficient (Wildman–Crippen LogP) is 3.62. The highest BCUT2D eigenvalue weighted by atomic mass is 16.5. The van der Waals surface area contributed by atoms with Crippen molar-refractivity contribution in [3.05, 3.63) is 28.8 Å². The summed E-state index contributed by atoms with van der Waals surface area (Å²) in [5.74, 6) is 1.73. The quantitative estimate of drug-likeness (QED) is 0.775. The van der Waals surface area contributed by atoms with Crippen molar-refractivity contribution in [3.8, 4) is 5.75 Å². The number of aryl methyl sites for hydroxylation is 2. The Labute approximate surface area is 128 Å². The van der Waals surface area contributed by atoms with Gasteiger partial charge in [0.25, 0.3) is 0 Å². The summed E-state index contributed by atoms with van der Waals surface area (Å²) < 4.78 is 5.71. The Morgan fingerprint density at radius 3 is 2.57 bits per heavy atom. The molecule has 1 aromatic carbocycles. The number of hydrogen-bond acceptors (Lipinski definition) is 3. The Morgan fingerprint density at radius 2 is 1.95 bits per heavy atom. The molecule has 0 spiro atoms. The number of nitrogens with zero attached hydrogens (tertiary/aromatic N) is 1. The summed E-state index contributed by atoms with van der Waals surface area (Å²) in [7, 11) is 0.